The van der Waals surface area contributed by atoms with Gasteiger partial charge in [0.25, 0.3) is 0 Å². The van der Waals surface area contributed by atoms with Crippen LogP contribution in [0.25, 0.3) is 0 Å². The summed E-state index contributed by atoms with van der Waals surface area (Å²) < 4.78 is 32.9. The molecule has 1 aliphatic carbocycles. The third-order valence-electron chi connectivity index (χ3n) is 9.89. The highest BCUT2D eigenvalue weighted by Gasteiger charge is 2.46. The molecule has 4 aromatic rings. The van der Waals surface area contributed by atoms with E-state index in [1.807, 2.05) is 61.5 Å². The van der Waals surface area contributed by atoms with Crippen LogP contribution in [-0.2, 0) is 33.8 Å². The molecule has 2 aliphatic rings. The molecule has 1 saturated carbocycles. The van der Waals surface area contributed by atoms with Crippen LogP contribution >= 0.6 is 11.6 Å². The number of aliphatic hydroxyl groups is 1. The summed E-state index contributed by atoms with van der Waals surface area (Å²) in [6.45, 7) is 8.56. The highest BCUT2D eigenvalue weighted by atomic mass is 35.5. The van der Waals surface area contributed by atoms with Gasteiger partial charge in [0.2, 0.25) is 0 Å². The second-order valence-corrected chi connectivity index (χ2v) is 13.8. The third kappa shape index (κ3) is 9.05. The average molecular weight is 685 g/mol. The summed E-state index contributed by atoms with van der Waals surface area (Å²) in [5, 5.41) is 10.3. The van der Waals surface area contributed by atoms with Gasteiger partial charge in [-0.25, -0.2) is 0 Å². The molecule has 1 aliphatic heterocycles. The Labute approximate surface area is 296 Å². The topological polar surface area (TPSA) is 66.4 Å². The van der Waals surface area contributed by atoms with Gasteiger partial charge in [-0.3, -0.25) is 0 Å². The molecule has 0 bridgehead atoms. The first-order valence-electron chi connectivity index (χ1n) is 17.7. The van der Waals surface area contributed by atoms with Gasteiger partial charge in [-0.05, 0) is 84.5 Å². The molecule has 1 heterocycles. The maximum Gasteiger partial charge on any atom is 0.126 e. The van der Waals surface area contributed by atoms with E-state index in [0.717, 1.165) is 46.4 Å². The van der Waals surface area contributed by atoms with Crippen molar-refractivity contribution in [2.45, 2.75) is 77.7 Å². The van der Waals surface area contributed by atoms with E-state index >= 15 is 0 Å². The maximum atomic E-state index is 9.70. The van der Waals surface area contributed by atoms with Crippen LogP contribution in [-0.4, -0.2) is 43.2 Å². The number of benzene rings is 4. The Morgan fingerprint density at radius 3 is 2.02 bits per heavy atom. The van der Waals surface area contributed by atoms with Crippen molar-refractivity contribution in [1.82, 2.24) is 0 Å². The first-order chi connectivity index (χ1) is 24.0. The van der Waals surface area contributed by atoms with Gasteiger partial charge in [-0.15, -0.1) is 0 Å². The minimum Gasteiger partial charge on any atom is -0.494 e. The lowest BCUT2D eigenvalue weighted by Crippen LogP contribution is -2.51. The van der Waals surface area contributed by atoms with Gasteiger partial charge in [0.1, 0.15) is 23.7 Å². The summed E-state index contributed by atoms with van der Waals surface area (Å²) in [6, 6.07) is 32.8. The van der Waals surface area contributed by atoms with Crippen molar-refractivity contribution in [3.8, 4) is 11.5 Å². The number of rotatable bonds is 16. The van der Waals surface area contributed by atoms with Crippen LogP contribution in [0, 0.1) is 17.8 Å². The lowest BCUT2D eigenvalue weighted by molar-refractivity contribution is -0.235. The first kappa shape index (κ1) is 35.4. The van der Waals surface area contributed by atoms with Crippen molar-refractivity contribution < 1.29 is 28.8 Å². The van der Waals surface area contributed by atoms with Gasteiger partial charge in [-0.2, -0.15) is 0 Å². The third-order valence-corrected chi connectivity index (χ3v) is 10.2. The van der Waals surface area contributed by atoms with Crippen LogP contribution in [0.4, 0.5) is 0 Å². The Bertz CT molecular complexity index is 1600. The van der Waals surface area contributed by atoms with Gasteiger partial charge >= 0.3 is 0 Å². The molecule has 4 aromatic carbocycles. The van der Waals surface area contributed by atoms with Crippen LogP contribution in [0.15, 0.2) is 97.1 Å². The number of ether oxygens (including phenoxy) is 5. The molecule has 6 nitrogen and oxygen atoms in total. The predicted molar refractivity (Wildman–Crippen MR) is 193 cm³/mol. The molecule has 0 radical (unpaired) electrons. The summed E-state index contributed by atoms with van der Waals surface area (Å²) in [6.07, 6.45) is 1.24. The first-order valence-corrected chi connectivity index (χ1v) is 18.1. The number of hydrogen-bond donors (Lipinski definition) is 1. The Balaban J connectivity index is 1.37. The normalized spacial score (nSPS) is 24.8. The Hall–Kier alpha value is -3.39. The summed E-state index contributed by atoms with van der Waals surface area (Å²) >= 11 is 7.02. The van der Waals surface area contributed by atoms with E-state index in [0.29, 0.717) is 49.5 Å². The zero-order valence-corrected chi connectivity index (χ0v) is 29.6. The number of aliphatic hydroxyl groups excluding tert-OH is 1. The fraction of sp³-hybridized carbons (Fsp3) is 0.429. The molecule has 0 amide bonds. The fourth-order valence-electron chi connectivity index (χ4n) is 6.88. The smallest absolute Gasteiger partial charge is 0.126 e. The van der Waals surface area contributed by atoms with Crippen molar-refractivity contribution in [2.24, 2.45) is 17.8 Å². The largest absolute Gasteiger partial charge is 0.494 e. The molecule has 260 valence electrons. The average Bonchev–Trinajstić information content (AvgIpc) is 3.91. The van der Waals surface area contributed by atoms with Crippen molar-refractivity contribution in [3.63, 3.8) is 0 Å². The van der Waals surface area contributed by atoms with E-state index in [1.54, 1.807) is 0 Å². The van der Waals surface area contributed by atoms with Gasteiger partial charge < -0.3 is 28.8 Å². The van der Waals surface area contributed by atoms with E-state index in [1.165, 1.54) is 0 Å². The van der Waals surface area contributed by atoms with E-state index in [-0.39, 0.29) is 30.7 Å². The van der Waals surface area contributed by atoms with Crippen LogP contribution in [0.1, 0.15) is 67.5 Å². The summed E-state index contributed by atoms with van der Waals surface area (Å²) in [5.41, 5.74) is 5.21. The van der Waals surface area contributed by atoms with E-state index in [9.17, 15) is 5.11 Å². The summed E-state index contributed by atoms with van der Waals surface area (Å²) in [7, 11) is 0. The van der Waals surface area contributed by atoms with Gasteiger partial charge in [-0.1, -0.05) is 98.2 Å². The molecule has 0 aromatic heterocycles. The Morgan fingerprint density at radius 1 is 0.776 bits per heavy atom. The molecule has 7 atom stereocenters. The molecule has 1 saturated heterocycles. The molecule has 6 rings (SSSR count). The summed E-state index contributed by atoms with van der Waals surface area (Å²) in [4.78, 5) is 0. The van der Waals surface area contributed by atoms with Gasteiger partial charge in [0, 0.05) is 23.1 Å². The van der Waals surface area contributed by atoms with Crippen LogP contribution in [0.3, 0.4) is 0 Å². The van der Waals surface area contributed by atoms with E-state index in [4.69, 9.17) is 35.3 Å². The Kier molecular flexibility index (Phi) is 12.3. The molecule has 2 fully saturated rings. The molecule has 2 unspecified atom stereocenters. The monoisotopic (exact) mass is 684 g/mol. The SMILES string of the molecule is CCOc1ccc(Cc2cc([C@@H]3O[C@H](CC)[C@@H](C)[C@H](OCc4ccccc4)[C@H]3OCc3ccccc3)c(OCC3CC3CO)cc2Cl)cc1. The minimum absolute atomic E-state index is 0.0531. The highest BCUT2D eigenvalue weighted by Crippen LogP contribution is 2.46. The molecular formula is C42H49ClO6. The second kappa shape index (κ2) is 17.0. The summed E-state index contributed by atoms with van der Waals surface area (Å²) in [5.74, 6) is 2.23. The van der Waals surface area contributed by atoms with Crippen LogP contribution in [0.5, 0.6) is 11.5 Å². The fourth-order valence-corrected chi connectivity index (χ4v) is 7.10. The lowest BCUT2D eigenvalue weighted by Gasteiger charge is -2.46. The van der Waals surface area contributed by atoms with Crippen LogP contribution < -0.4 is 9.47 Å². The van der Waals surface area contributed by atoms with E-state index in [2.05, 4.69) is 56.3 Å². The zero-order chi connectivity index (χ0) is 34.2. The van der Waals surface area contributed by atoms with Crippen LogP contribution in [0.2, 0.25) is 5.02 Å². The standard InChI is InChI=1S/C42H49ClO6/c1-4-38-28(3)40(47-25-30-12-8-6-9-13-30)42(48-26-31-14-10-7-11-15-31)41(49-38)36-22-32(20-29-16-18-35(19-17-29)45-5-2)37(43)23-39(36)46-27-34-21-33(34)24-44/h6-19,22-23,28,33-34,38,40-42,44H,4-5,20-21,24-27H2,1-3H3/t28-,33?,34?,38-,40+,41+,42-/m1/s1. The number of halogens is 1. The number of hydrogen-bond acceptors (Lipinski definition) is 6. The molecule has 49 heavy (non-hydrogen) atoms. The second-order valence-electron chi connectivity index (χ2n) is 13.4. The quantitative estimate of drug-likeness (QED) is 0.127. The highest BCUT2D eigenvalue weighted by molar-refractivity contribution is 6.31. The van der Waals surface area contributed by atoms with Crippen molar-refractivity contribution in [1.29, 1.82) is 0 Å². The van der Waals surface area contributed by atoms with Crippen molar-refractivity contribution in [2.75, 3.05) is 19.8 Å². The van der Waals surface area contributed by atoms with Crippen molar-refractivity contribution in [3.05, 3.63) is 130 Å². The van der Waals surface area contributed by atoms with Gasteiger partial charge in [0.15, 0.2) is 0 Å². The zero-order valence-electron chi connectivity index (χ0n) is 28.8. The van der Waals surface area contributed by atoms with Crippen molar-refractivity contribution >= 4 is 11.6 Å². The molecule has 7 heteroatoms. The molecule has 0 spiro atoms. The molecule has 1 N–H and O–H groups in total. The van der Waals surface area contributed by atoms with Gasteiger partial charge in [0.05, 0.1) is 38.6 Å². The Morgan fingerprint density at radius 2 is 1.43 bits per heavy atom. The maximum absolute atomic E-state index is 9.70. The van der Waals surface area contributed by atoms with E-state index < -0.39 is 12.2 Å². The lowest BCUT2D eigenvalue weighted by atomic mass is 9.83. The predicted octanol–water partition coefficient (Wildman–Crippen LogP) is 8.99. The minimum atomic E-state index is -0.468. The molecular weight excluding hydrogens is 636 g/mol.